The van der Waals surface area contributed by atoms with E-state index in [0.29, 0.717) is 27.3 Å². The molecular formula is C29H33ClN2O3S. The predicted octanol–water partition coefficient (Wildman–Crippen LogP) is 7.44. The second-order valence-corrected chi connectivity index (χ2v) is 12.1. The van der Waals surface area contributed by atoms with Gasteiger partial charge in [-0.3, -0.25) is 9.59 Å². The van der Waals surface area contributed by atoms with Gasteiger partial charge < -0.3 is 15.4 Å². The average molecular weight is 525 g/mol. The molecule has 0 fully saturated rings. The Morgan fingerprint density at radius 2 is 1.83 bits per heavy atom. The van der Waals surface area contributed by atoms with Crippen LogP contribution in [0.4, 0.5) is 10.7 Å². The summed E-state index contributed by atoms with van der Waals surface area (Å²) in [6, 6.07) is 13.1. The summed E-state index contributed by atoms with van der Waals surface area (Å²) < 4.78 is 5.68. The third-order valence-electron chi connectivity index (χ3n) is 6.69. The molecule has 3 aromatic rings. The molecule has 1 aliphatic carbocycles. The molecule has 7 heteroatoms. The van der Waals surface area contributed by atoms with Gasteiger partial charge in [0, 0.05) is 10.6 Å². The third-order valence-corrected chi connectivity index (χ3v) is 8.17. The first-order valence-electron chi connectivity index (χ1n) is 12.2. The zero-order valence-corrected chi connectivity index (χ0v) is 23.0. The number of hydrogen-bond acceptors (Lipinski definition) is 4. The number of rotatable bonds is 6. The molecule has 2 amide bonds. The van der Waals surface area contributed by atoms with Gasteiger partial charge in [0.2, 0.25) is 0 Å². The van der Waals surface area contributed by atoms with Crippen molar-refractivity contribution in [3.63, 3.8) is 0 Å². The molecule has 1 heterocycles. The fourth-order valence-corrected chi connectivity index (χ4v) is 6.11. The van der Waals surface area contributed by atoms with E-state index < -0.39 is 0 Å². The fraction of sp³-hybridized carbons (Fsp3) is 0.379. The van der Waals surface area contributed by atoms with E-state index in [4.69, 9.17) is 16.3 Å². The minimum atomic E-state index is -0.330. The predicted molar refractivity (Wildman–Crippen MR) is 149 cm³/mol. The van der Waals surface area contributed by atoms with Crippen LogP contribution in [0.25, 0.3) is 0 Å². The van der Waals surface area contributed by atoms with Crippen LogP contribution in [-0.4, -0.2) is 18.4 Å². The van der Waals surface area contributed by atoms with Crippen molar-refractivity contribution in [3.8, 4) is 5.75 Å². The highest BCUT2D eigenvalue weighted by Crippen LogP contribution is 2.44. The number of amides is 2. The summed E-state index contributed by atoms with van der Waals surface area (Å²) in [5.74, 6) is 0.447. The van der Waals surface area contributed by atoms with Crippen LogP contribution in [0.5, 0.6) is 5.75 Å². The molecule has 190 valence electrons. The Morgan fingerprint density at radius 1 is 1.08 bits per heavy atom. The first-order chi connectivity index (χ1) is 17.0. The lowest BCUT2D eigenvalue weighted by atomic mass is 9.72. The van der Waals surface area contributed by atoms with E-state index in [-0.39, 0.29) is 23.8 Å². The highest BCUT2D eigenvalue weighted by atomic mass is 35.5. The summed E-state index contributed by atoms with van der Waals surface area (Å²) in [4.78, 5) is 27.6. The van der Waals surface area contributed by atoms with Gasteiger partial charge in [0.05, 0.1) is 10.6 Å². The molecule has 36 heavy (non-hydrogen) atoms. The van der Waals surface area contributed by atoms with Crippen molar-refractivity contribution in [2.45, 2.75) is 53.9 Å². The number of thiophene rings is 1. The van der Waals surface area contributed by atoms with E-state index >= 15 is 0 Å². The molecule has 2 aromatic carbocycles. The van der Waals surface area contributed by atoms with Crippen molar-refractivity contribution in [2.24, 2.45) is 11.3 Å². The Balaban J connectivity index is 1.58. The van der Waals surface area contributed by atoms with Crippen molar-refractivity contribution in [2.75, 3.05) is 17.2 Å². The van der Waals surface area contributed by atoms with Crippen LogP contribution in [-0.2, 0) is 17.6 Å². The molecule has 0 spiro atoms. The first kappa shape index (κ1) is 26.2. The molecule has 1 aromatic heterocycles. The number of ether oxygens (including phenoxy) is 1. The summed E-state index contributed by atoms with van der Waals surface area (Å²) in [5.41, 5.74) is 4.57. The van der Waals surface area contributed by atoms with Crippen LogP contribution in [0.2, 0.25) is 5.02 Å². The number of carbonyl (C=O) groups is 2. The Hall–Kier alpha value is -2.83. The SMILES string of the molecule is Cc1cccc(NC(=O)c2c(NC(=O)COc3cc(C)ccc3Cl)sc3c2CCC(C(C)(C)C)C3)c1. The lowest BCUT2D eigenvalue weighted by Crippen LogP contribution is -2.27. The smallest absolute Gasteiger partial charge is 0.262 e. The Kier molecular flexibility index (Phi) is 7.76. The molecular weight excluding hydrogens is 492 g/mol. The maximum Gasteiger partial charge on any atom is 0.262 e. The van der Waals surface area contributed by atoms with Gasteiger partial charge in [-0.1, -0.05) is 50.6 Å². The average Bonchev–Trinajstić information content (AvgIpc) is 3.16. The summed E-state index contributed by atoms with van der Waals surface area (Å²) in [5, 5.41) is 7.01. The molecule has 0 saturated heterocycles. The highest BCUT2D eigenvalue weighted by molar-refractivity contribution is 7.17. The monoisotopic (exact) mass is 524 g/mol. The molecule has 5 nitrogen and oxygen atoms in total. The van der Waals surface area contributed by atoms with Gasteiger partial charge in [0.15, 0.2) is 6.61 Å². The minimum Gasteiger partial charge on any atom is -0.482 e. The number of aryl methyl sites for hydroxylation is 2. The zero-order valence-electron chi connectivity index (χ0n) is 21.5. The second kappa shape index (κ2) is 10.7. The molecule has 1 atom stereocenters. The summed E-state index contributed by atoms with van der Waals surface area (Å²) >= 11 is 7.71. The van der Waals surface area contributed by atoms with Gasteiger partial charge in [0.25, 0.3) is 11.8 Å². The van der Waals surface area contributed by atoms with E-state index in [1.807, 2.05) is 44.2 Å². The van der Waals surface area contributed by atoms with E-state index in [9.17, 15) is 9.59 Å². The van der Waals surface area contributed by atoms with Gasteiger partial charge in [-0.25, -0.2) is 0 Å². The first-order valence-corrected chi connectivity index (χ1v) is 13.4. The van der Waals surface area contributed by atoms with Crippen molar-refractivity contribution >= 4 is 45.4 Å². The third kappa shape index (κ3) is 6.11. The maximum atomic E-state index is 13.5. The number of anilines is 2. The maximum absolute atomic E-state index is 13.5. The van der Waals surface area contributed by atoms with Crippen molar-refractivity contribution < 1.29 is 14.3 Å². The highest BCUT2D eigenvalue weighted by Gasteiger charge is 2.34. The topological polar surface area (TPSA) is 67.4 Å². The van der Waals surface area contributed by atoms with Gasteiger partial charge in [0.1, 0.15) is 10.8 Å². The number of fused-ring (bicyclic) bond motifs is 1. The van der Waals surface area contributed by atoms with Crippen LogP contribution in [0.1, 0.15) is 59.1 Å². The van der Waals surface area contributed by atoms with E-state index in [0.717, 1.165) is 41.6 Å². The van der Waals surface area contributed by atoms with Gasteiger partial charge in [-0.15, -0.1) is 11.3 Å². The summed E-state index contributed by atoms with van der Waals surface area (Å²) in [7, 11) is 0. The summed E-state index contributed by atoms with van der Waals surface area (Å²) in [6.45, 7) is 10.5. The van der Waals surface area contributed by atoms with E-state index in [1.54, 1.807) is 12.1 Å². The van der Waals surface area contributed by atoms with Gasteiger partial charge in [-0.2, -0.15) is 0 Å². The largest absolute Gasteiger partial charge is 0.482 e. The molecule has 1 aliphatic rings. The fourth-order valence-electron chi connectivity index (χ4n) is 4.60. The Bertz CT molecular complexity index is 1290. The van der Waals surface area contributed by atoms with E-state index in [1.165, 1.54) is 16.2 Å². The Labute approximate surface area is 222 Å². The van der Waals surface area contributed by atoms with Crippen molar-refractivity contribution in [1.82, 2.24) is 0 Å². The number of nitrogens with one attached hydrogen (secondary N) is 2. The van der Waals surface area contributed by atoms with Crippen LogP contribution in [0.15, 0.2) is 42.5 Å². The molecule has 0 saturated carbocycles. The van der Waals surface area contributed by atoms with Crippen LogP contribution in [0.3, 0.4) is 0 Å². The molecule has 0 bridgehead atoms. The molecule has 1 unspecified atom stereocenters. The lowest BCUT2D eigenvalue weighted by molar-refractivity contribution is -0.118. The normalized spacial score (nSPS) is 15.2. The molecule has 0 aliphatic heterocycles. The molecule has 4 rings (SSSR count). The molecule has 2 N–H and O–H groups in total. The number of benzene rings is 2. The van der Waals surface area contributed by atoms with Gasteiger partial charge in [-0.05, 0) is 85.4 Å². The zero-order chi connectivity index (χ0) is 26.0. The van der Waals surface area contributed by atoms with Crippen molar-refractivity contribution in [3.05, 3.63) is 74.6 Å². The number of hydrogen-bond donors (Lipinski definition) is 2. The second-order valence-electron chi connectivity index (χ2n) is 10.6. The summed E-state index contributed by atoms with van der Waals surface area (Å²) in [6.07, 6.45) is 2.73. The van der Waals surface area contributed by atoms with E-state index in [2.05, 4.69) is 31.4 Å². The van der Waals surface area contributed by atoms with Crippen molar-refractivity contribution in [1.29, 1.82) is 0 Å². The quantitative estimate of drug-likeness (QED) is 0.352. The van der Waals surface area contributed by atoms with Crippen LogP contribution in [0, 0.1) is 25.2 Å². The standard InChI is InChI=1S/C29H33ClN2O3S/c1-17-7-6-8-20(13-17)31-27(34)26-21-11-10-19(29(3,4)5)15-24(21)36-28(26)32-25(33)16-35-23-14-18(2)9-12-22(23)30/h6-9,12-14,19H,10-11,15-16H2,1-5H3,(H,31,34)(H,32,33). The minimum absolute atomic E-state index is 0.177. The van der Waals surface area contributed by atoms with Crippen LogP contribution >= 0.6 is 22.9 Å². The van der Waals surface area contributed by atoms with Crippen LogP contribution < -0.4 is 15.4 Å². The molecule has 0 radical (unpaired) electrons. The number of carbonyl (C=O) groups excluding carboxylic acids is 2. The Morgan fingerprint density at radius 3 is 2.56 bits per heavy atom. The number of halogens is 1. The lowest BCUT2D eigenvalue weighted by Gasteiger charge is -2.33. The van der Waals surface area contributed by atoms with Gasteiger partial charge >= 0.3 is 0 Å².